The molecule has 150 valence electrons. The molecule has 0 aromatic heterocycles. The van der Waals surface area contributed by atoms with Gasteiger partial charge in [0.25, 0.3) is 0 Å². The molecule has 3 aromatic carbocycles. The summed E-state index contributed by atoms with van der Waals surface area (Å²) in [5, 5.41) is 9.49. The molecule has 0 saturated heterocycles. The van der Waals surface area contributed by atoms with E-state index >= 15 is 0 Å². The molecule has 3 rings (SSSR count). The molecule has 0 N–H and O–H groups in total. The first-order valence-electron chi connectivity index (χ1n) is 9.70. The molecule has 0 fully saturated rings. The van der Waals surface area contributed by atoms with Gasteiger partial charge in [-0.1, -0.05) is 66.2 Å². The number of rotatable bonds is 7. The van der Waals surface area contributed by atoms with Gasteiger partial charge in [-0.15, -0.1) is 0 Å². The van der Waals surface area contributed by atoms with E-state index in [1.54, 1.807) is 24.3 Å². The molecule has 4 heteroatoms. The Morgan fingerprint density at radius 1 is 1.00 bits per heavy atom. The Kier molecular flexibility index (Phi) is 7.02. The highest BCUT2D eigenvalue weighted by molar-refractivity contribution is 5.89. The number of aryl methyl sites for hydroxylation is 2. The van der Waals surface area contributed by atoms with E-state index in [-0.39, 0.29) is 12.4 Å². The number of nitriles is 1. The average molecular weight is 397 g/mol. The summed E-state index contributed by atoms with van der Waals surface area (Å²) in [6.45, 7) is 2.03. The van der Waals surface area contributed by atoms with Gasteiger partial charge in [0.1, 0.15) is 0 Å². The molecule has 0 aliphatic heterocycles. The van der Waals surface area contributed by atoms with Crippen molar-refractivity contribution in [3.05, 3.63) is 95.1 Å². The molecule has 0 aliphatic rings. The summed E-state index contributed by atoms with van der Waals surface area (Å²) in [6, 6.07) is 25.0. The summed E-state index contributed by atoms with van der Waals surface area (Å²) in [5.41, 5.74) is 4.44. The molecule has 30 heavy (non-hydrogen) atoms. The molecular weight excluding hydrogens is 374 g/mol. The molecule has 3 aromatic rings. The Morgan fingerprint density at radius 3 is 2.40 bits per heavy atom. The van der Waals surface area contributed by atoms with Crippen molar-refractivity contribution in [2.24, 2.45) is 0 Å². The van der Waals surface area contributed by atoms with Crippen molar-refractivity contribution in [2.45, 2.75) is 19.8 Å². The third-order valence-corrected chi connectivity index (χ3v) is 4.67. The number of allylic oxidation sites excluding steroid dienone is 1. The lowest BCUT2D eigenvalue weighted by Crippen LogP contribution is -2.10. The fourth-order valence-electron chi connectivity index (χ4n) is 3.00. The lowest BCUT2D eigenvalue weighted by molar-refractivity contribution is -0.134. The molecule has 0 bridgehead atoms. The van der Waals surface area contributed by atoms with Crippen molar-refractivity contribution >= 4 is 17.6 Å². The monoisotopic (exact) mass is 397 g/mol. The summed E-state index contributed by atoms with van der Waals surface area (Å²) in [5.74, 6) is 0.485. The second kappa shape index (κ2) is 10.1. The predicted octanol–water partition coefficient (Wildman–Crippen LogP) is 5.61. The Labute approximate surface area is 177 Å². The largest absolute Gasteiger partial charge is 0.493 e. The van der Waals surface area contributed by atoms with E-state index in [4.69, 9.17) is 9.47 Å². The van der Waals surface area contributed by atoms with Crippen molar-refractivity contribution < 1.29 is 14.3 Å². The Bertz CT molecular complexity index is 1080. The van der Waals surface area contributed by atoms with Gasteiger partial charge in [0.2, 0.25) is 0 Å². The van der Waals surface area contributed by atoms with Crippen LogP contribution in [0.5, 0.6) is 11.5 Å². The second-order valence-corrected chi connectivity index (χ2v) is 6.91. The Morgan fingerprint density at radius 2 is 1.73 bits per heavy atom. The van der Waals surface area contributed by atoms with E-state index in [9.17, 15) is 10.1 Å². The number of hydrogen-bond acceptors (Lipinski definition) is 4. The highest BCUT2D eigenvalue weighted by Crippen LogP contribution is 2.30. The number of benzene rings is 3. The van der Waals surface area contributed by atoms with Gasteiger partial charge in [0, 0.05) is 6.42 Å². The topological polar surface area (TPSA) is 59.3 Å². The van der Waals surface area contributed by atoms with Crippen molar-refractivity contribution in [2.75, 3.05) is 7.11 Å². The van der Waals surface area contributed by atoms with Crippen molar-refractivity contribution in [3.8, 4) is 17.6 Å². The van der Waals surface area contributed by atoms with Gasteiger partial charge in [0.15, 0.2) is 11.5 Å². The maximum Gasteiger partial charge on any atom is 0.311 e. The number of ether oxygens (including phenoxy) is 2. The van der Waals surface area contributed by atoms with Gasteiger partial charge in [-0.3, -0.25) is 4.79 Å². The molecule has 0 saturated carbocycles. The first-order valence-corrected chi connectivity index (χ1v) is 9.70. The van der Waals surface area contributed by atoms with Crippen LogP contribution in [0.3, 0.4) is 0 Å². The van der Waals surface area contributed by atoms with E-state index in [1.165, 1.54) is 12.7 Å². The highest BCUT2D eigenvalue weighted by Gasteiger charge is 2.11. The fourth-order valence-corrected chi connectivity index (χ4v) is 3.00. The van der Waals surface area contributed by atoms with E-state index in [0.29, 0.717) is 23.5 Å². The third kappa shape index (κ3) is 5.59. The average Bonchev–Trinajstić information content (AvgIpc) is 2.78. The second-order valence-electron chi connectivity index (χ2n) is 6.91. The van der Waals surface area contributed by atoms with Gasteiger partial charge in [-0.05, 0) is 48.2 Å². The molecule has 0 spiro atoms. The van der Waals surface area contributed by atoms with Crippen LogP contribution in [0.15, 0.2) is 72.8 Å². The number of hydrogen-bond donors (Lipinski definition) is 0. The van der Waals surface area contributed by atoms with Gasteiger partial charge < -0.3 is 9.47 Å². The molecule has 0 radical (unpaired) electrons. The summed E-state index contributed by atoms with van der Waals surface area (Å²) >= 11 is 0. The molecule has 0 atom stereocenters. The van der Waals surface area contributed by atoms with E-state index in [0.717, 1.165) is 16.7 Å². The predicted molar refractivity (Wildman–Crippen MR) is 118 cm³/mol. The number of carbonyl (C=O) groups excluding carboxylic acids is 1. The minimum Gasteiger partial charge on any atom is -0.493 e. The molecule has 0 aliphatic carbocycles. The van der Waals surface area contributed by atoms with Crippen molar-refractivity contribution in [3.63, 3.8) is 0 Å². The van der Waals surface area contributed by atoms with Gasteiger partial charge in [-0.2, -0.15) is 5.26 Å². The van der Waals surface area contributed by atoms with Crippen LogP contribution >= 0.6 is 0 Å². The standard InChI is InChI=1S/C26H23NO3/c1-19-8-10-20(11-9-19)13-15-26(28)30-24-14-12-21(17-25(24)29-2)16-23(18-27)22-6-4-3-5-7-22/h3-12,14,16-17H,13,15H2,1-2H3/b23-16-. The van der Waals surface area contributed by atoms with Gasteiger partial charge >= 0.3 is 5.97 Å². The van der Waals surface area contributed by atoms with Crippen LogP contribution in [0.4, 0.5) is 0 Å². The summed E-state index contributed by atoms with van der Waals surface area (Å²) in [4.78, 5) is 12.3. The quantitative estimate of drug-likeness (QED) is 0.225. The van der Waals surface area contributed by atoms with Gasteiger partial charge in [-0.25, -0.2) is 0 Å². The minimum absolute atomic E-state index is 0.278. The highest BCUT2D eigenvalue weighted by atomic mass is 16.6. The van der Waals surface area contributed by atoms with Crippen LogP contribution in [0.2, 0.25) is 0 Å². The number of esters is 1. The van der Waals surface area contributed by atoms with Gasteiger partial charge in [0.05, 0.1) is 18.8 Å². The molecule has 4 nitrogen and oxygen atoms in total. The zero-order chi connectivity index (χ0) is 21.3. The minimum atomic E-state index is -0.320. The number of nitrogens with zero attached hydrogens (tertiary/aromatic N) is 1. The van der Waals surface area contributed by atoms with Crippen molar-refractivity contribution in [1.29, 1.82) is 5.26 Å². The normalized spacial score (nSPS) is 10.9. The summed E-state index contributed by atoms with van der Waals surface area (Å²) in [7, 11) is 1.52. The smallest absolute Gasteiger partial charge is 0.311 e. The zero-order valence-electron chi connectivity index (χ0n) is 17.1. The zero-order valence-corrected chi connectivity index (χ0v) is 17.1. The van der Waals surface area contributed by atoms with Crippen LogP contribution < -0.4 is 9.47 Å². The molecule has 0 amide bonds. The maximum absolute atomic E-state index is 12.3. The molecular formula is C26H23NO3. The van der Waals surface area contributed by atoms with Crippen LogP contribution in [-0.2, 0) is 11.2 Å². The third-order valence-electron chi connectivity index (χ3n) is 4.67. The van der Waals surface area contributed by atoms with E-state index < -0.39 is 0 Å². The summed E-state index contributed by atoms with van der Waals surface area (Å²) < 4.78 is 10.9. The lowest BCUT2D eigenvalue weighted by atomic mass is 10.0. The Balaban J connectivity index is 1.70. The summed E-state index contributed by atoms with van der Waals surface area (Å²) in [6.07, 6.45) is 2.67. The van der Waals surface area contributed by atoms with E-state index in [2.05, 4.69) is 6.07 Å². The SMILES string of the molecule is COc1cc(/C=C(/C#N)c2ccccc2)ccc1OC(=O)CCc1ccc(C)cc1. The first kappa shape index (κ1) is 20.9. The van der Waals surface area contributed by atoms with E-state index in [1.807, 2.05) is 61.5 Å². The van der Waals surface area contributed by atoms with Crippen LogP contribution in [0.25, 0.3) is 11.6 Å². The Hall–Kier alpha value is -3.84. The van der Waals surface area contributed by atoms with Crippen LogP contribution in [0.1, 0.15) is 28.7 Å². The fraction of sp³-hybridized carbons (Fsp3) is 0.154. The molecule has 0 heterocycles. The lowest BCUT2D eigenvalue weighted by Gasteiger charge is -2.10. The number of carbonyl (C=O) groups is 1. The first-order chi connectivity index (χ1) is 14.6. The maximum atomic E-state index is 12.3. The van der Waals surface area contributed by atoms with Crippen LogP contribution in [0, 0.1) is 18.3 Å². The molecule has 0 unspecified atom stereocenters. The van der Waals surface area contributed by atoms with Crippen molar-refractivity contribution in [1.82, 2.24) is 0 Å². The van der Waals surface area contributed by atoms with Crippen LogP contribution in [-0.4, -0.2) is 13.1 Å². The number of methoxy groups -OCH3 is 1.